The molecule has 1 aromatic carbocycles. The molecule has 0 saturated carbocycles. The van der Waals surface area contributed by atoms with Gasteiger partial charge in [0.05, 0.1) is 20.8 Å². The molecule has 2 rings (SSSR count). The number of phenolic OH excluding ortho intramolecular Hbond substituents is 1. The number of phenols is 1. The zero-order chi connectivity index (χ0) is 10.1. The van der Waals surface area contributed by atoms with Crippen molar-refractivity contribution in [3.63, 3.8) is 0 Å². The molecule has 14 heavy (non-hydrogen) atoms. The van der Waals surface area contributed by atoms with Crippen molar-refractivity contribution in [3.05, 3.63) is 26.6 Å². The van der Waals surface area contributed by atoms with E-state index in [2.05, 4.69) is 28.7 Å². The lowest BCUT2D eigenvalue weighted by Gasteiger charge is -2.03. The Morgan fingerprint density at radius 3 is 3.07 bits per heavy atom. The Bertz CT molecular complexity index is 527. The van der Waals surface area contributed by atoms with E-state index in [-0.39, 0.29) is 0 Å². The van der Waals surface area contributed by atoms with E-state index in [4.69, 9.17) is 5.26 Å². The van der Waals surface area contributed by atoms with Crippen molar-refractivity contribution in [2.45, 2.75) is 6.42 Å². The molecule has 0 unspecified atom stereocenters. The topological polar surface area (TPSA) is 44.0 Å². The Hall–Kier alpha value is -0.800. The van der Waals surface area contributed by atoms with E-state index in [1.807, 2.05) is 17.5 Å². The Morgan fingerprint density at radius 1 is 1.57 bits per heavy atom. The van der Waals surface area contributed by atoms with Gasteiger partial charge in [-0.05, 0) is 51.1 Å². The van der Waals surface area contributed by atoms with Crippen molar-refractivity contribution in [2.24, 2.45) is 0 Å². The van der Waals surface area contributed by atoms with Crippen LogP contribution in [0.3, 0.4) is 0 Å². The maximum Gasteiger partial charge on any atom is 0.146 e. The Balaban J connectivity index is 2.75. The second-order valence-corrected chi connectivity index (χ2v) is 4.87. The third kappa shape index (κ3) is 1.47. The minimum absolute atomic E-state index is 0.309. The third-order valence-corrected chi connectivity index (χ3v) is 4.14. The van der Waals surface area contributed by atoms with Crippen molar-refractivity contribution in [3.8, 4) is 11.8 Å². The molecule has 0 amide bonds. The van der Waals surface area contributed by atoms with E-state index in [0.29, 0.717) is 12.2 Å². The molecule has 1 heterocycles. The fraction of sp³-hybridized carbons (Fsp3) is 0.100. The SMILES string of the molecule is N#CCc1cc2ccsc2c(O)c1I. The van der Waals surface area contributed by atoms with Gasteiger partial charge >= 0.3 is 0 Å². The normalized spacial score (nSPS) is 10.3. The van der Waals surface area contributed by atoms with Crippen molar-refractivity contribution in [1.82, 2.24) is 0 Å². The molecule has 0 atom stereocenters. The Morgan fingerprint density at radius 2 is 2.36 bits per heavy atom. The van der Waals surface area contributed by atoms with Crippen molar-refractivity contribution < 1.29 is 5.11 Å². The first kappa shape index (κ1) is 9.74. The summed E-state index contributed by atoms with van der Waals surface area (Å²) in [5.41, 5.74) is 0.900. The molecule has 0 radical (unpaired) electrons. The molecule has 1 N–H and O–H groups in total. The van der Waals surface area contributed by atoms with E-state index in [9.17, 15) is 5.11 Å². The summed E-state index contributed by atoms with van der Waals surface area (Å²) in [4.78, 5) is 0. The van der Waals surface area contributed by atoms with E-state index >= 15 is 0 Å². The van der Waals surface area contributed by atoms with Crippen LogP contribution in [0.2, 0.25) is 0 Å². The predicted octanol–water partition coefficient (Wildman–Crippen LogP) is 3.28. The van der Waals surface area contributed by atoms with Crippen molar-refractivity contribution >= 4 is 44.0 Å². The summed E-state index contributed by atoms with van der Waals surface area (Å²) in [7, 11) is 0. The minimum Gasteiger partial charge on any atom is -0.505 e. The van der Waals surface area contributed by atoms with E-state index < -0.39 is 0 Å². The first-order valence-corrected chi connectivity index (χ1v) is 5.94. The van der Waals surface area contributed by atoms with Crippen molar-refractivity contribution in [2.75, 3.05) is 0 Å². The van der Waals surface area contributed by atoms with Gasteiger partial charge in [-0.3, -0.25) is 0 Å². The molecule has 1 aromatic heterocycles. The summed E-state index contributed by atoms with van der Waals surface area (Å²) < 4.78 is 1.69. The van der Waals surface area contributed by atoms with Gasteiger partial charge in [0, 0.05) is 0 Å². The van der Waals surface area contributed by atoms with Crippen LogP contribution in [0, 0.1) is 14.9 Å². The minimum atomic E-state index is 0.309. The molecule has 0 spiro atoms. The molecule has 0 aliphatic rings. The number of nitriles is 1. The van der Waals surface area contributed by atoms with Gasteiger partial charge in [-0.1, -0.05) is 0 Å². The summed E-state index contributed by atoms with van der Waals surface area (Å²) in [6, 6.07) is 6.02. The Kier molecular flexibility index (Phi) is 2.61. The summed E-state index contributed by atoms with van der Waals surface area (Å²) >= 11 is 3.60. The highest BCUT2D eigenvalue weighted by Crippen LogP contribution is 2.36. The molecule has 0 aliphatic heterocycles. The van der Waals surface area contributed by atoms with Gasteiger partial charge in [0.1, 0.15) is 5.75 Å². The maximum atomic E-state index is 9.85. The zero-order valence-corrected chi connectivity index (χ0v) is 10.1. The second kappa shape index (κ2) is 3.75. The smallest absolute Gasteiger partial charge is 0.146 e. The summed E-state index contributed by atoms with van der Waals surface area (Å²) in [5, 5.41) is 21.4. The van der Waals surface area contributed by atoms with Crippen LogP contribution < -0.4 is 0 Å². The molecule has 2 nitrogen and oxygen atoms in total. The van der Waals surface area contributed by atoms with Gasteiger partial charge in [0.25, 0.3) is 0 Å². The van der Waals surface area contributed by atoms with Crippen LogP contribution in [0.1, 0.15) is 5.56 Å². The summed E-state index contributed by atoms with van der Waals surface area (Å²) in [5.74, 6) is 0.309. The number of aromatic hydroxyl groups is 1. The highest BCUT2D eigenvalue weighted by Gasteiger charge is 2.10. The number of hydrogen-bond donors (Lipinski definition) is 1. The second-order valence-electron chi connectivity index (χ2n) is 2.87. The van der Waals surface area contributed by atoms with E-state index in [1.165, 1.54) is 11.3 Å². The van der Waals surface area contributed by atoms with Crippen LogP contribution in [-0.4, -0.2) is 5.11 Å². The van der Waals surface area contributed by atoms with Gasteiger partial charge in [-0.25, -0.2) is 0 Å². The van der Waals surface area contributed by atoms with Crippen LogP contribution in [0.25, 0.3) is 10.1 Å². The molecule has 0 aliphatic carbocycles. The Labute approximate surface area is 98.9 Å². The first-order chi connectivity index (χ1) is 6.74. The number of fused-ring (bicyclic) bond motifs is 1. The summed E-state index contributed by atoms with van der Waals surface area (Å²) in [6.07, 6.45) is 0.345. The molecular formula is C10H6INOS. The highest BCUT2D eigenvalue weighted by molar-refractivity contribution is 14.1. The highest BCUT2D eigenvalue weighted by atomic mass is 127. The number of hydrogen-bond acceptors (Lipinski definition) is 3. The van der Waals surface area contributed by atoms with Gasteiger partial charge < -0.3 is 5.11 Å². The maximum absolute atomic E-state index is 9.85. The molecular weight excluding hydrogens is 309 g/mol. The molecule has 70 valence electrons. The molecule has 4 heteroatoms. The number of halogens is 1. The number of benzene rings is 1. The molecule has 2 aromatic rings. The summed E-state index contributed by atoms with van der Waals surface area (Å²) in [6.45, 7) is 0. The third-order valence-electron chi connectivity index (χ3n) is 2.00. The standard InChI is InChI=1S/C10H6INOS/c11-8-6(1-3-12)5-7-2-4-14-10(7)9(8)13/h2,4-5,13H,1H2. The average Bonchev–Trinajstić information content (AvgIpc) is 2.62. The van der Waals surface area contributed by atoms with Crippen LogP contribution >= 0.6 is 33.9 Å². The number of rotatable bonds is 1. The molecule has 0 saturated heterocycles. The van der Waals surface area contributed by atoms with E-state index in [1.54, 1.807) is 0 Å². The largest absolute Gasteiger partial charge is 0.505 e. The van der Waals surface area contributed by atoms with Gasteiger partial charge in [-0.2, -0.15) is 5.26 Å². The quantitative estimate of drug-likeness (QED) is 0.821. The van der Waals surface area contributed by atoms with Crippen LogP contribution in [-0.2, 0) is 6.42 Å². The first-order valence-electron chi connectivity index (χ1n) is 3.98. The van der Waals surface area contributed by atoms with Crippen LogP contribution in [0.4, 0.5) is 0 Å². The average molecular weight is 315 g/mol. The van der Waals surface area contributed by atoms with Crippen LogP contribution in [0.5, 0.6) is 5.75 Å². The monoisotopic (exact) mass is 315 g/mol. The van der Waals surface area contributed by atoms with Gasteiger partial charge in [0.15, 0.2) is 0 Å². The fourth-order valence-electron chi connectivity index (χ4n) is 1.34. The van der Waals surface area contributed by atoms with Crippen LogP contribution in [0.15, 0.2) is 17.5 Å². The molecule has 0 fully saturated rings. The number of nitrogens with zero attached hydrogens (tertiary/aromatic N) is 1. The molecule has 0 bridgehead atoms. The predicted molar refractivity (Wildman–Crippen MR) is 65.5 cm³/mol. The lowest BCUT2D eigenvalue weighted by Crippen LogP contribution is -1.87. The zero-order valence-electron chi connectivity index (χ0n) is 7.12. The lowest BCUT2D eigenvalue weighted by atomic mass is 10.1. The van der Waals surface area contributed by atoms with Crippen molar-refractivity contribution in [1.29, 1.82) is 5.26 Å². The van der Waals surface area contributed by atoms with E-state index in [0.717, 1.165) is 19.2 Å². The lowest BCUT2D eigenvalue weighted by molar-refractivity contribution is 0.478. The number of thiophene rings is 1. The van der Waals surface area contributed by atoms with Gasteiger partial charge in [0.2, 0.25) is 0 Å². The van der Waals surface area contributed by atoms with Gasteiger partial charge in [-0.15, -0.1) is 11.3 Å². The fourth-order valence-corrected chi connectivity index (χ4v) is 2.97.